The molecule has 0 saturated heterocycles. The maximum Gasteiger partial charge on any atom is 0.251 e. The lowest BCUT2D eigenvalue weighted by atomic mass is 10.2. The molecule has 0 saturated carbocycles. The molecular weight excluding hydrogens is 481 g/mol. The minimum Gasteiger partial charge on any atom is -0.349 e. The summed E-state index contributed by atoms with van der Waals surface area (Å²) in [5.74, 6) is -0.361. The number of nitriles is 1. The smallest absolute Gasteiger partial charge is 0.251 e. The van der Waals surface area contributed by atoms with Gasteiger partial charge in [0.05, 0.1) is 25.0 Å². The van der Waals surface area contributed by atoms with E-state index in [0.29, 0.717) is 20.9 Å². The number of hydrogen-bond acceptors (Lipinski definition) is 4. The number of anilines is 1. The number of pyridine rings is 1. The number of hydrogen-bond donors (Lipinski definition) is 3. The number of nitrogens with one attached hydrogen (secondary N) is 3. The Morgan fingerprint density at radius 1 is 1.17 bits per heavy atom. The molecular formula is C17H13Cl5N6O. The molecule has 0 aliphatic heterocycles. The number of aromatic nitrogens is 1. The summed E-state index contributed by atoms with van der Waals surface area (Å²) >= 11 is 29.9. The first-order valence-electron chi connectivity index (χ1n) is 7.89. The van der Waals surface area contributed by atoms with E-state index in [0.717, 1.165) is 0 Å². The van der Waals surface area contributed by atoms with Gasteiger partial charge >= 0.3 is 0 Å². The summed E-state index contributed by atoms with van der Waals surface area (Å²) in [6.45, 7) is -0.254. The third-order valence-electron chi connectivity index (χ3n) is 3.27. The summed E-state index contributed by atoms with van der Waals surface area (Å²) in [6.07, 6.45) is 3.21. The fraction of sp³-hybridized carbons (Fsp3) is 0.176. The van der Waals surface area contributed by atoms with Gasteiger partial charge in [0.2, 0.25) is 5.96 Å². The van der Waals surface area contributed by atoms with Crippen molar-refractivity contribution in [3.63, 3.8) is 0 Å². The van der Waals surface area contributed by atoms with Gasteiger partial charge in [0.15, 0.2) is 10.5 Å². The predicted molar refractivity (Wildman–Crippen MR) is 117 cm³/mol. The highest BCUT2D eigenvalue weighted by molar-refractivity contribution is 6.49. The van der Waals surface area contributed by atoms with E-state index < -0.39 is 10.2 Å². The highest BCUT2D eigenvalue weighted by atomic mass is 35.5. The van der Waals surface area contributed by atoms with Crippen molar-refractivity contribution in [3.8, 4) is 6.19 Å². The van der Waals surface area contributed by atoms with Crippen LogP contribution in [0.5, 0.6) is 0 Å². The van der Waals surface area contributed by atoms with Crippen LogP contribution >= 0.6 is 58.0 Å². The Kier molecular flexibility index (Phi) is 8.62. The van der Waals surface area contributed by atoms with Crippen molar-refractivity contribution >= 4 is 75.6 Å². The third-order valence-corrected chi connectivity index (χ3v) is 4.43. The van der Waals surface area contributed by atoms with Crippen LogP contribution in [0.1, 0.15) is 10.4 Å². The quantitative estimate of drug-likeness (QED) is 0.137. The standard InChI is InChI=1S/C17H13Cl5N6O/c18-11-3-10(4-12(19)5-11)15(29)25-7-17(21,22)8-26-16(27-9-23)28-13-1-2-14(20)24-6-13/h1-6H,7-8H2,(H,25,29)(H2,26,27,28). The maximum atomic E-state index is 12.2. The summed E-state index contributed by atoms with van der Waals surface area (Å²) in [5, 5.41) is 17.6. The number of aliphatic imine (C=N–C) groups is 1. The van der Waals surface area contributed by atoms with Crippen LogP contribution in [-0.4, -0.2) is 34.3 Å². The molecule has 0 atom stereocenters. The Labute approximate surface area is 192 Å². The monoisotopic (exact) mass is 492 g/mol. The van der Waals surface area contributed by atoms with E-state index in [-0.39, 0.29) is 24.6 Å². The zero-order chi connectivity index (χ0) is 21.4. The molecule has 0 spiro atoms. The maximum absolute atomic E-state index is 12.2. The number of benzene rings is 1. The van der Waals surface area contributed by atoms with Crippen molar-refractivity contribution in [2.75, 3.05) is 18.4 Å². The van der Waals surface area contributed by atoms with Crippen LogP contribution in [0.25, 0.3) is 0 Å². The van der Waals surface area contributed by atoms with E-state index in [1.807, 2.05) is 0 Å². The number of rotatable bonds is 6. The Morgan fingerprint density at radius 3 is 2.45 bits per heavy atom. The van der Waals surface area contributed by atoms with E-state index >= 15 is 0 Å². The molecule has 7 nitrogen and oxygen atoms in total. The zero-order valence-corrected chi connectivity index (χ0v) is 18.3. The molecule has 2 aromatic rings. The summed E-state index contributed by atoms with van der Waals surface area (Å²) < 4.78 is -1.44. The van der Waals surface area contributed by atoms with Crippen LogP contribution in [0, 0.1) is 11.5 Å². The van der Waals surface area contributed by atoms with Gasteiger partial charge in [0.1, 0.15) is 5.15 Å². The van der Waals surface area contributed by atoms with Gasteiger partial charge < -0.3 is 10.6 Å². The molecule has 0 fully saturated rings. The Morgan fingerprint density at radius 2 is 1.86 bits per heavy atom. The molecule has 3 N–H and O–H groups in total. The molecule has 1 amide bonds. The second-order valence-electron chi connectivity index (χ2n) is 5.59. The summed E-state index contributed by atoms with van der Waals surface area (Å²) in [4.78, 5) is 20.3. The van der Waals surface area contributed by atoms with Crippen LogP contribution in [0.3, 0.4) is 0 Å². The molecule has 1 aromatic carbocycles. The lowest BCUT2D eigenvalue weighted by molar-refractivity contribution is 0.0952. The minimum absolute atomic E-state index is 0.0928. The number of carbonyl (C=O) groups excluding carboxylic acids is 1. The third kappa shape index (κ3) is 8.13. The van der Waals surface area contributed by atoms with Gasteiger partial charge in [-0.05, 0) is 30.3 Å². The molecule has 0 aliphatic rings. The lowest BCUT2D eigenvalue weighted by Crippen LogP contribution is -2.38. The molecule has 1 heterocycles. The molecule has 1 aromatic heterocycles. The van der Waals surface area contributed by atoms with Crippen LogP contribution in [0.4, 0.5) is 5.69 Å². The first-order valence-corrected chi connectivity index (χ1v) is 9.78. The van der Waals surface area contributed by atoms with Crippen LogP contribution in [0.2, 0.25) is 15.2 Å². The number of carbonyl (C=O) groups is 1. The van der Waals surface area contributed by atoms with Gasteiger partial charge in [-0.1, -0.05) is 58.0 Å². The average molecular weight is 495 g/mol. The number of nitrogens with zero attached hydrogens (tertiary/aromatic N) is 3. The Bertz CT molecular complexity index is 922. The molecule has 0 bridgehead atoms. The minimum atomic E-state index is -1.44. The van der Waals surface area contributed by atoms with Gasteiger partial charge in [-0.15, -0.1) is 0 Å². The second-order valence-corrected chi connectivity index (χ2v) is 8.49. The van der Waals surface area contributed by atoms with Crippen LogP contribution in [-0.2, 0) is 0 Å². The van der Waals surface area contributed by atoms with E-state index in [4.69, 9.17) is 63.3 Å². The zero-order valence-electron chi connectivity index (χ0n) is 14.5. The van der Waals surface area contributed by atoms with Crippen molar-refractivity contribution in [2.24, 2.45) is 4.99 Å². The Balaban J connectivity index is 1.98. The van der Waals surface area contributed by atoms with E-state index in [2.05, 4.69) is 25.9 Å². The van der Waals surface area contributed by atoms with E-state index in [9.17, 15) is 4.79 Å². The normalized spacial score (nSPS) is 11.5. The van der Waals surface area contributed by atoms with Crippen molar-refractivity contribution in [1.29, 1.82) is 5.26 Å². The lowest BCUT2D eigenvalue weighted by Gasteiger charge is -2.19. The van der Waals surface area contributed by atoms with Crippen molar-refractivity contribution in [3.05, 3.63) is 57.3 Å². The highest BCUT2D eigenvalue weighted by Gasteiger charge is 2.25. The fourth-order valence-corrected chi connectivity index (χ4v) is 2.89. The molecule has 0 unspecified atom stereocenters. The van der Waals surface area contributed by atoms with Crippen LogP contribution < -0.4 is 16.0 Å². The summed E-state index contributed by atoms with van der Waals surface area (Å²) in [7, 11) is 0. The largest absolute Gasteiger partial charge is 0.349 e. The summed E-state index contributed by atoms with van der Waals surface area (Å²) in [6, 6.07) is 7.65. The van der Waals surface area contributed by atoms with Crippen molar-refractivity contribution in [2.45, 2.75) is 4.33 Å². The first-order chi connectivity index (χ1) is 13.7. The topological polar surface area (TPSA) is 102 Å². The van der Waals surface area contributed by atoms with E-state index in [1.165, 1.54) is 24.4 Å². The highest BCUT2D eigenvalue weighted by Crippen LogP contribution is 2.22. The number of halogens is 5. The number of amides is 1. The predicted octanol–water partition coefficient (Wildman–Crippen LogP) is 4.48. The van der Waals surface area contributed by atoms with Gasteiger partial charge in [0, 0.05) is 15.6 Å². The van der Waals surface area contributed by atoms with Crippen molar-refractivity contribution < 1.29 is 4.79 Å². The average Bonchev–Trinajstić information content (AvgIpc) is 2.65. The van der Waals surface area contributed by atoms with Crippen LogP contribution in [0.15, 0.2) is 41.5 Å². The summed E-state index contributed by atoms with van der Waals surface area (Å²) in [5.41, 5.74) is 0.802. The van der Waals surface area contributed by atoms with Gasteiger partial charge in [0.25, 0.3) is 5.91 Å². The second kappa shape index (κ2) is 10.7. The molecule has 12 heteroatoms. The molecule has 152 valence electrons. The van der Waals surface area contributed by atoms with E-state index in [1.54, 1.807) is 18.3 Å². The molecule has 0 radical (unpaired) electrons. The first kappa shape index (κ1) is 23.3. The molecule has 2 rings (SSSR count). The molecule has 29 heavy (non-hydrogen) atoms. The van der Waals surface area contributed by atoms with Gasteiger partial charge in [-0.25, -0.2) is 9.98 Å². The van der Waals surface area contributed by atoms with Crippen molar-refractivity contribution in [1.82, 2.24) is 15.6 Å². The number of alkyl halides is 2. The fourth-order valence-electron chi connectivity index (χ4n) is 2.00. The molecule has 0 aliphatic carbocycles. The Hall–Kier alpha value is -1.95. The van der Waals surface area contributed by atoms with Gasteiger partial charge in [-0.3, -0.25) is 10.1 Å². The number of guanidine groups is 1. The SMILES string of the molecule is N#CNC(=NCC(Cl)(Cl)CNC(=O)c1cc(Cl)cc(Cl)c1)Nc1ccc(Cl)nc1. The van der Waals surface area contributed by atoms with Gasteiger partial charge in [-0.2, -0.15) is 5.26 Å².